The van der Waals surface area contributed by atoms with Gasteiger partial charge in [-0.3, -0.25) is 4.79 Å². The van der Waals surface area contributed by atoms with E-state index >= 15 is 0 Å². The number of amides is 1. The lowest BCUT2D eigenvalue weighted by Gasteiger charge is -2.33. The minimum atomic E-state index is -0.245. The first-order valence-electron chi connectivity index (χ1n) is 6.93. The molecule has 0 spiro atoms. The maximum atomic E-state index is 12.8. The molecule has 0 unspecified atom stereocenters. The van der Waals surface area contributed by atoms with Crippen molar-refractivity contribution in [2.45, 2.75) is 37.1 Å². The van der Waals surface area contributed by atoms with Crippen LogP contribution in [-0.2, 0) is 10.2 Å². The summed E-state index contributed by atoms with van der Waals surface area (Å²) in [5.74, 6) is 0.303. The van der Waals surface area contributed by atoms with Crippen LogP contribution in [-0.4, -0.2) is 29.9 Å². The zero-order chi connectivity index (χ0) is 13.5. The summed E-state index contributed by atoms with van der Waals surface area (Å²) in [4.78, 5) is 14.8. The SMILES string of the molecule is Cl.NC1CCN(C(=O)C2(c3cccc(Br)c3)CC2)CC1. The summed E-state index contributed by atoms with van der Waals surface area (Å²) in [6.45, 7) is 1.63. The van der Waals surface area contributed by atoms with E-state index in [4.69, 9.17) is 5.73 Å². The number of hydrogen-bond donors (Lipinski definition) is 1. The lowest BCUT2D eigenvalue weighted by molar-refractivity contribution is -0.135. The number of nitrogens with zero attached hydrogens (tertiary/aromatic N) is 1. The number of benzene rings is 1. The predicted octanol–water partition coefficient (Wildman–Crippen LogP) is 2.85. The van der Waals surface area contributed by atoms with Crippen molar-refractivity contribution in [2.75, 3.05) is 13.1 Å². The third kappa shape index (κ3) is 2.87. The molecule has 0 bridgehead atoms. The molecule has 1 saturated carbocycles. The van der Waals surface area contributed by atoms with Gasteiger partial charge in [-0.1, -0.05) is 28.1 Å². The Morgan fingerprint density at radius 3 is 2.50 bits per heavy atom. The van der Waals surface area contributed by atoms with E-state index in [9.17, 15) is 4.79 Å². The number of likely N-dealkylation sites (tertiary alicyclic amines) is 1. The normalized spacial score (nSPS) is 21.2. The molecule has 3 rings (SSSR count). The molecule has 110 valence electrons. The van der Waals surface area contributed by atoms with Gasteiger partial charge in [0.25, 0.3) is 0 Å². The summed E-state index contributed by atoms with van der Waals surface area (Å²) in [7, 11) is 0. The molecule has 20 heavy (non-hydrogen) atoms. The number of halogens is 2. The highest BCUT2D eigenvalue weighted by Crippen LogP contribution is 2.50. The highest BCUT2D eigenvalue weighted by molar-refractivity contribution is 9.10. The molecule has 1 aliphatic heterocycles. The second-order valence-corrected chi connectivity index (χ2v) is 6.64. The molecule has 5 heteroatoms. The quantitative estimate of drug-likeness (QED) is 0.882. The Labute approximate surface area is 134 Å². The molecule has 0 atom stereocenters. The van der Waals surface area contributed by atoms with Crippen LogP contribution in [0, 0.1) is 0 Å². The van der Waals surface area contributed by atoms with Crippen LogP contribution in [0.4, 0.5) is 0 Å². The van der Waals surface area contributed by atoms with Gasteiger partial charge in [0.15, 0.2) is 0 Å². The molecule has 3 nitrogen and oxygen atoms in total. The number of carbonyl (C=O) groups excluding carboxylic acids is 1. The van der Waals surface area contributed by atoms with Gasteiger partial charge in [-0.05, 0) is 43.4 Å². The summed E-state index contributed by atoms with van der Waals surface area (Å²) < 4.78 is 1.05. The summed E-state index contributed by atoms with van der Waals surface area (Å²) in [5, 5.41) is 0. The lowest BCUT2D eigenvalue weighted by Crippen LogP contribution is -2.46. The Kier molecular flexibility index (Phi) is 4.77. The molecular formula is C15H20BrClN2O. The second-order valence-electron chi connectivity index (χ2n) is 5.72. The van der Waals surface area contributed by atoms with Crippen LogP contribution in [0.2, 0.25) is 0 Å². The van der Waals surface area contributed by atoms with Gasteiger partial charge in [0.05, 0.1) is 5.41 Å². The largest absolute Gasteiger partial charge is 0.342 e. The first-order chi connectivity index (χ1) is 9.12. The number of piperidine rings is 1. The number of rotatable bonds is 2. The Morgan fingerprint density at radius 2 is 1.95 bits per heavy atom. The van der Waals surface area contributed by atoms with Gasteiger partial charge >= 0.3 is 0 Å². The zero-order valence-corrected chi connectivity index (χ0v) is 13.8. The van der Waals surface area contributed by atoms with Gasteiger partial charge < -0.3 is 10.6 Å². The fourth-order valence-corrected chi connectivity index (χ4v) is 3.34. The molecule has 2 fully saturated rings. The molecule has 1 aliphatic carbocycles. The summed E-state index contributed by atoms with van der Waals surface area (Å²) in [6, 6.07) is 8.44. The van der Waals surface area contributed by atoms with Crippen molar-refractivity contribution in [2.24, 2.45) is 5.73 Å². The van der Waals surface area contributed by atoms with E-state index in [0.717, 1.165) is 48.8 Å². The Hall–Kier alpha value is -0.580. The first-order valence-corrected chi connectivity index (χ1v) is 7.72. The molecule has 2 aliphatic rings. The van der Waals surface area contributed by atoms with Crippen molar-refractivity contribution < 1.29 is 4.79 Å². The van der Waals surface area contributed by atoms with Gasteiger partial charge in [0.2, 0.25) is 5.91 Å². The van der Waals surface area contributed by atoms with Crippen molar-refractivity contribution in [3.8, 4) is 0 Å². The topological polar surface area (TPSA) is 46.3 Å². The summed E-state index contributed by atoms with van der Waals surface area (Å²) in [6.07, 6.45) is 3.82. The minimum Gasteiger partial charge on any atom is -0.342 e. The van der Waals surface area contributed by atoms with Crippen LogP contribution in [0.25, 0.3) is 0 Å². The van der Waals surface area contributed by atoms with Crippen LogP contribution in [0.3, 0.4) is 0 Å². The molecular weight excluding hydrogens is 340 g/mol. The molecule has 0 radical (unpaired) electrons. The highest BCUT2D eigenvalue weighted by atomic mass is 79.9. The van der Waals surface area contributed by atoms with E-state index < -0.39 is 0 Å². The molecule has 1 saturated heterocycles. The van der Waals surface area contributed by atoms with Crippen LogP contribution >= 0.6 is 28.3 Å². The maximum Gasteiger partial charge on any atom is 0.233 e. The smallest absolute Gasteiger partial charge is 0.233 e. The van der Waals surface area contributed by atoms with Crippen molar-refractivity contribution >= 4 is 34.2 Å². The minimum absolute atomic E-state index is 0. The average molecular weight is 360 g/mol. The maximum absolute atomic E-state index is 12.8. The van der Waals surface area contributed by atoms with Crippen molar-refractivity contribution in [1.82, 2.24) is 4.90 Å². The Morgan fingerprint density at radius 1 is 1.30 bits per heavy atom. The highest BCUT2D eigenvalue weighted by Gasteiger charge is 2.53. The second kappa shape index (κ2) is 6.04. The predicted molar refractivity (Wildman–Crippen MR) is 86.1 cm³/mol. The number of carbonyl (C=O) groups is 1. The first kappa shape index (κ1) is 15.8. The fraction of sp³-hybridized carbons (Fsp3) is 0.533. The van der Waals surface area contributed by atoms with Crippen molar-refractivity contribution in [1.29, 1.82) is 0 Å². The number of hydrogen-bond acceptors (Lipinski definition) is 2. The van der Waals surface area contributed by atoms with Crippen LogP contribution in [0.15, 0.2) is 28.7 Å². The van der Waals surface area contributed by atoms with E-state index in [1.807, 2.05) is 17.0 Å². The van der Waals surface area contributed by atoms with E-state index in [1.165, 1.54) is 0 Å². The monoisotopic (exact) mass is 358 g/mol. The molecule has 1 aromatic carbocycles. The van der Waals surface area contributed by atoms with Crippen molar-refractivity contribution in [3.63, 3.8) is 0 Å². The zero-order valence-electron chi connectivity index (χ0n) is 11.3. The Bertz CT molecular complexity index is 496. The van der Waals surface area contributed by atoms with Crippen LogP contribution in [0.1, 0.15) is 31.2 Å². The van der Waals surface area contributed by atoms with Gasteiger partial charge in [-0.2, -0.15) is 0 Å². The lowest BCUT2D eigenvalue weighted by atomic mass is 9.93. The van der Waals surface area contributed by atoms with Crippen LogP contribution in [0.5, 0.6) is 0 Å². The third-order valence-electron chi connectivity index (χ3n) is 4.36. The van der Waals surface area contributed by atoms with Crippen LogP contribution < -0.4 is 5.73 Å². The van der Waals surface area contributed by atoms with Gasteiger partial charge in [0.1, 0.15) is 0 Å². The molecule has 1 heterocycles. The third-order valence-corrected chi connectivity index (χ3v) is 4.86. The van der Waals surface area contributed by atoms with E-state index in [0.29, 0.717) is 5.91 Å². The van der Waals surface area contributed by atoms with E-state index in [1.54, 1.807) is 0 Å². The molecule has 0 aromatic heterocycles. The molecule has 2 N–H and O–H groups in total. The van der Waals surface area contributed by atoms with Gasteiger partial charge in [-0.25, -0.2) is 0 Å². The standard InChI is InChI=1S/C15H19BrN2O.ClH/c16-12-3-1-2-11(10-12)15(6-7-15)14(19)18-8-4-13(17)5-9-18;/h1-3,10,13H,4-9,17H2;1H. The summed E-state index contributed by atoms with van der Waals surface area (Å²) >= 11 is 3.49. The van der Waals surface area contributed by atoms with Crippen molar-refractivity contribution in [3.05, 3.63) is 34.3 Å². The number of nitrogens with two attached hydrogens (primary N) is 1. The van der Waals surface area contributed by atoms with E-state index in [-0.39, 0.29) is 23.9 Å². The Balaban J connectivity index is 0.00000147. The average Bonchev–Trinajstić information content (AvgIpc) is 3.20. The van der Waals surface area contributed by atoms with E-state index in [2.05, 4.69) is 28.1 Å². The van der Waals surface area contributed by atoms with Gasteiger partial charge in [0, 0.05) is 23.6 Å². The summed E-state index contributed by atoms with van der Waals surface area (Å²) in [5.41, 5.74) is 6.82. The van der Waals surface area contributed by atoms with Gasteiger partial charge in [-0.15, -0.1) is 12.4 Å². The molecule has 1 aromatic rings. The fourth-order valence-electron chi connectivity index (χ4n) is 2.94. The molecule has 1 amide bonds.